The van der Waals surface area contributed by atoms with Gasteiger partial charge in [0.1, 0.15) is 0 Å². The van der Waals surface area contributed by atoms with E-state index in [0.717, 1.165) is 24.3 Å². The fourth-order valence-electron chi connectivity index (χ4n) is 5.73. The minimum absolute atomic E-state index is 0.517. The lowest BCUT2D eigenvalue weighted by atomic mass is 9.52. The predicted molar refractivity (Wildman–Crippen MR) is 76.3 cm³/mol. The third-order valence-electron chi connectivity index (χ3n) is 6.26. The van der Waals surface area contributed by atoms with Crippen molar-refractivity contribution in [3.8, 4) is 0 Å². The predicted octanol–water partition coefficient (Wildman–Crippen LogP) is 2.87. The Labute approximate surface area is 112 Å². The first-order valence-corrected chi connectivity index (χ1v) is 7.97. The van der Waals surface area contributed by atoms with Crippen molar-refractivity contribution in [2.75, 3.05) is 13.6 Å². The quantitative estimate of drug-likeness (QED) is 0.831. The molecule has 1 atom stereocenters. The summed E-state index contributed by atoms with van der Waals surface area (Å²) in [6, 6.07) is 0.571. The van der Waals surface area contributed by atoms with E-state index >= 15 is 0 Å². The summed E-state index contributed by atoms with van der Waals surface area (Å²) in [5.41, 5.74) is 6.57. The molecule has 0 radical (unpaired) electrons. The van der Waals surface area contributed by atoms with Crippen LogP contribution in [-0.2, 0) is 0 Å². The Hall–Kier alpha value is -0.0800. The molecule has 0 amide bonds. The zero-order valence-electron chi connectivity index (χ0n) is 12.4. The molecule has 1 unspecified atom stereocenters. The van der Waals surface area contributed by atoms with Crippen LogP contribution in [0.25, 0.3) is 0 Å². The summed E-state index contributed by atoms with van der Waals surface area (Å²) < 4.78 is 0. The average molecular weight is 250 g/mol. The Bertz CT molecular complexity index is 275. The maximum Gasteiger partial charge on any atom is 0.0243 e. The second-order valence-electron chi connectivity index (χ2n) is 7.80. The largest absolute Gasteiger partial charge is 0.329 e. The van der Waals surface area contributed by atoms with E-state index in [-0.39, 0.29) is 0 Å². The number of hydrogen-bond acceptors (Lipinski definition) is 2. The second kappa shape index (κ2) is 4.49. The third-order valence-corrected chi connectivity index (χ3v) is 6.26. The lowest BCUT2D eigenvalue weighted by Crippen LogP contribution is -2.63. The number of likely N-dealkylation sites (N-methyl/N-ethyl adjacent to an activating group) is 1. The molecule has 2 N–H and O–H groups in total. The fraction of sp³-hybridized carbons (Fsp3) is 1.00. The molecular weight excluding hydrogens is 220 g/mol. The summed E-state index contributed by atoms with van der Waals surface area (Å²) in [6.07, 6.45) is 8.96. The third kappa shape index (κ3) is 1.92. The van der Waals surface area contributed by atoms with Crippen LogP contribution in [0.15, 0.2) is 0 Å². The van der Waals surface area contributed by atoms with Gasteiger partial charge < -0.3 is 5.73 Å². The van der Waals surface area contributed by atoms with Gasteiger partial charge in [0.2, 0.25) is 0 Å². The van der Waals surface area contributed by atoms with Gasteiger partial charge in [0, 0.05) is 18.1 Å². The maximum absolute atomic E-state index is 6.05. The molecule has 0 heterocycles. The van der Waals surface area contributed by atoms with Gasteiger partial charge in [-0.25, -0.2) is 0 Å². The molecule has 0 aromatic rings. The van der Waals surface area contributed by atoms with Crippen molar-refractivity contribution in [3.05, 3.63) is 0 Å². The summed E-state index contributed by atoms with van der Waals surface area (Å²) in [4.78, 5) is 2.71. The lowest BCUT2D eigenvalue weighted by Gasteiger charge is -2.61. The molecule has 4 bridgehead atoms. The highest BCUT2D eigenvalue weighted by molar-refractivity contribution is 5.08. The highest BCUT2D eigenvalue weighted by Gasteiger charge is 2.53. The molecular formula is C16H30N2. The van der Waals surface area contributed by atoms with Gasteiger partial charge >= 0.3 is 0 Å². The smallest absolute Gasteiger partial charge is 0.0243 e. The van der Waals surface area contributed by atoms with Crippen LogP contribution in [0.3, 0.4) is 0 Å². The van der Waals surface area contributed by atoms with Gasteiger partial charge in [-0.1, -0.05) is 13.8 Å². The molecule has 4 rings (SSSR count). The van der Waals surface area contributed by atoms with E-state index in [4.69, 9.17) is 5.73 Å². The van der Waals surface area contributed by atoms with Crippen LogP contribution in [0, 0.1) is 23.7 Å². The van der Waals surface area contributed by atoms with Gasteiger partial charge in [0.25, 0.3) is 0 Å². The van der Waals surface area contributed by atoms with Crippen LogP contribution in [0.2, 0.25) is 0 Å². The fourth-order valence-corrected chi connectivity index (χ4v) is 5.73. The molecule has 0 saturated heterocycles. The summed E-state index contributed by atoms with van der Waals surface area (Å²) >= 11 is 0. The van der Waals surface area contributed by atoms with Crippen molar-refractivity contribution >= 4 is 0 Å². The number of rotatable bonds is 4. The molecule has 4 saturated carbocycles. The zero-order valence-corrected chi connectivity index (χ0v) is 12.4. The molecule has 2 heteroatoms. The van der Waals surface area contributed by atoms with E-state index < -0.39 is 0 Å². The van der Waals surface area contributed by atoms with Gasteiger partial charge in [-0.15, -0.1) is 0 Å². The monoisotopic (exact) mass is 250 g/mol. The maximum atomic E-state index is 6.05. The van der Waals surface area contributed by atoms with E-state index in [0.29, 0.717) is 17.5 Å². The van der Waals surface area contributed by atoms with Gasteiger partial charge in [-0.2, -0.15) is 0 Å². The highest BCUT2D eigenvalue weighted by atomic mass is 15.2. The highest BCUT2D eigenvalue weighted by Crippen LogP contribution is 2.57. The van der Waals surface area contributed by atoms with Gasteiger partial charge in [-0.3, -0.25) is 4.90 Å². The summed E-state index contributed by atoms with van der Waals surface area (Å²) in [5.74, 6) is 3.77. The SMILES string of the molecule is CC(C)C(CN)N(C)C12CC3CC(CC(C3)C1)C2. The van der Waals surface area contributed by atoms with Crippen molar-refractivity contribution in [3.63, 3.8) is 0 Å². The molecule has 18 heavy (non-hydrogen) atoms. The van der Waals surface area contributed by atoms with Crippen LogP contribution in [0.1, 0.15) is 52.4 Å². The normalized spacial score (nSPS) is 44.0. The van der Waals surface area contributed by atoms with E-state index in [9.17, 15) is 0 Å². The standard InChI is InChI=1S/C16H30N2/c1-11(2)15(10-17)18(3)16-7-12-4-13(8-16)6-14(5-12)9-16/h11-15H,4-10,17H2,1-3H3. The van der Waals surface area contributed by atoms with E-state index in [2.05, 4.69) is 25.8 Å². The Morgan fingerprint density at radius 2 is 1.50 bits per heavy atom. The van der Waals surface area contributed by atoms with Crippen molar-refractivity contribution < 1.29 is 0 Å². The Balaban J connectivity index is 1.82. The minimum Gasteiger partial charge on any atom is -0.329 e. The Kier molecular flexibility index (Phi) is 3.22. The first kappa shape index (κ1) is 12.9. The molecule has 2 nitrogen and oxygen atoms in total. The van der Waals surface area contributed by atoms with E-state index in [1.54, 1.807) is 0 Å². The van der Waals surface area contributed by atoms with Crippen LogP contribution in [0.5, 0.6) is 0 Å². The van der Waals surface area contributed by atoms with Crippen LogP contribution < -0.4 is 5.73 Å². The van der Waals surface area contributed by atoms with Crippen molar-refractivity contribution in [2.45, 2.75) is 64.0 Å². The first-order chi connectivity index (χ1) is 8.54. The molecule has 0 spiro atoms. The Morgan fingerprint density at radius 1 is 1.06 bits per heavy atom. The summed E-state index contributed by atoms with van der Waals surface area (Å²) in [7, 11) is 2.37. The number of hydrogen-bond donors (Lipinski definition) is 1. The van der Waals surface area contributed by atoms with Crippen molar-refractivity contribution in [2.24, 2.45) is 29.4 Å². The average Bonchev–Trinajstić information content (AvgIpc) is 2.27. The summed E-state index contributed by atoms with van der Waals surface area (Å²) in [5, 5.41) is 0. The first-order valence-electron chi connectivity index (χ1n) is 7.97. The van der Waals surface area contributed by atoms with Gasteiger partial charge in [0.05, 0.1) is 0 Å². The molecule has 104 valence electrons. The zero-order chi connectivity index (χ0) is 12.9. The Morgan fingerprint density at radius 3 is 1.83 bits per heavy atom. The lowest BCUT2D eigenvalue weighted by molar-refractivity contribution is -0.0981. The molecule has 0 aromatic carbocycles. The molecule has 0 aromatic heterocycles. The van der Waals surface area contributed by atoms with Gasteiger partial charge in [0.15, 0.2) is 0 Å². The van der Waals surface area contributed by atoms with E-state index in [1.165, 1.54) is 38.5 Å². The second-order valence-corrected chi connectivity index (χ2v) is 7.80. The molecule has 4 aliphatic carbocycles. The van der Waals surface area contributed by atoms with Crippen LogP contribution >= 0.6 is 0 Å². The summed E-state index contributed by atoms with van der Waals surface area (Å²) in [6.45, 7) is 5.47. The minimum atomic E-state index is 0.517. The molecule has 0 aliphatic heterocycles. The van der Waals surface area contributed by atoms with Crippen molar-refractivity contribution in [1.29, 1.82) is 0 Å². The van der Waals surface area contributed by atoms with Gasteiger partial charge in [-0.05, 0) is 69.2 Å². The molecule has 4 fully saturated rings. The van der Waals surface area contributed by atoms with Crippen molar-refractivity contribution in [1.82, 2.24) is 4.90 Å². The van der Waals surface area contributed by atoms with E-state index in [1.807, 2.05) is 0 Å². The number of nitrogens with zero attached hydrogens (tertiary/aromatic N) is 1. The number of nitrogens with two attached hydrogens (primary N) is 1. The topological polar surface area (TPSA) is 29.3 Å². The molecule has 4 aliphatic rings. The van der Waals surface area contributed by atoms with Crippen LogP contribution in [0.4, 0.5) is 0 Å². The van der Waals surface area contributed by atoms with Crippen LogP contribution in [-0.4, -0.2) is 30.1 Å².